The first-order valence-electron chi connectivity index (χ1n) is 6.96. The summed E-state index contributed by atoms with van der Waals surface area (Å²) in [7, 11) is 0. The fourth-order valence-corrected chi connectivity index (χ4v) is 2.06. The summed E-state index contributed by atoms with van der Waals surface area (Å²) in [5, 5.41) is 5.84. The smallest absolute Gasteiger partial charge is 0.248 e. The number of nitrogens with one attached hydrogen (secondary N) is 2. The molecule has 0 bridgehead atoms. The number of hydrogen-bond acceptors (Lipinski definition) is 3. The molecule has 0 aliphatic heterocycles. The molecule has 22 heavy (non-hydrogen) atoms. The first kappa shape index (κ1) is 15.6. The van der Waals surface area contributed by atoms with E-state index in [4.69, 9.17) is 5.73 Å². The molecule has 0 spiro atoms. The molecule has 0 atom stereocenters. The van der Waals surface area contributed by atoms with Crippen LogP contribution in [-0.2, 0) is 4.79 Å². The third kappa shape index (κ3) is 4.09. The van der Waals surface area contributed by atoms with Crippen LogP contribution in [0.3, 0.4) is 0 Å². The quantitative estimate of drug-likeness (QED) is 0.792. The molecular weight excluding hydrogens is 278 g/mol. The van der Waals surface area contributed by atoms with Gasteiger partial charge < -0.3 is 16.4 Å². The normalized spacial score (nSPS) is 10.1. The minimum absolute atomic E-state index is 0.144. The number of primary amides is 1. The molecule has 2 rings (SSSR count). The van der Waals surface area contributed by atoms with Gasteiger partial charge in [0, 0.05) is 16.9 Å². The van der Waals surface area contributed by atoms with Crippen LogP contribution in [0.2, 0.25) is 0 Å². The maximum Gasteiger partial charge on any atom is 0.248 e. The number of anilines is 2. The second-order valence-corrected chi connectivity index (χ2v) is 5.17. The van der Waals surface area contributed by atoms with Crippen molar-refractivity contribution in [2.45, 2.75) is 13.8 Å². The van der Waals surface area contributed by atoms with Gasteiger partial charge in [-0.2, -0.15) is 0 Å². The lowest BCUT2D eigenvalue weighted by Crippen LogP contribution is -2.22. The molecule has 0 aromatic heterocycles. The highest BCUT2D eigenvalue weighted by Crippen LogP contribution is 2.16. The number of nitrogens with two attached hydrogens (primary N) is 1. The van der Waals surface area contributed by atoms with Crippen molar-refractivity contribution in [2.24, 2.45) is 5.73 Å². The van der Waals surface area contributed by atoms with Gasteiger partial charge in [-0.25, -0.2) is 0 Å². The number of carbonyl (C=O) groups is 2. The number of carbonyl (C=O) groups excluding carboxylic acids is 2. The molecule has 0 unspecified atom stereocenters. The van der Waals surface area contributed by atoms with E-state index in [9.17, 15) is 9.59 Å². The van der Waals surface area contributed by atoms with Crippen molar-refractivity contribution in [1.82, 2.24) is 0 Å². The molecular formula is C17H19N3O2. The Labute approximate surface area is 129 Å². The van der Waals surface area contributed by atoms with Gasteiger partial charge in [-0.15, -0.1) is 0 Å². The second kappa shape index (κ2) is 6.76. The van der Waals surface area contributed by atoms with Gasteiger partial charge in [-0.3, -0.25) is 9.59 Å². The van der Waals surface area contributed by atoms with Crippen molar-refractivity contribution in [3.63, 3.8) is 0 Å². The molecule has 0 heterocycles. The summed E-state index contributed by atoms with van der Waals surface area (Å²) in [6.45, 7) is 4.13. The highest BCUT2D eigenvalue weighted by molar-refractivity contribution is 5.97. The van der Waals surface area contributed by atoms with Crippen LogP contribution in [0.1, 0.15) is 21.5 Å². The molecule has 0 saturated heterocycles. The zero-order chi connectivity index (χ0) is 16.1. The van der Waals surface area contributed by atoms with Crippen LogP contribution < -0.4 is 16.4 Å². The molecule has 0 radical (unpaired) electrons. The van der Waals surface area contributed by atoms with Crippen LogP contribution in [0.4, 0.5) is 11.4 Å². The maximum absolute atomic E-state index is 12.0. The van der Waals surface area contributed by atoms with Gasteiger partial charge in [0.25, 0.3) is 0 Å². The Kier molecular flexibility index (Phi) is 4.78. The first-order valence-corrected chi connectivity index (χ1v) is 6.96. The summed E-state index contributed by atoms with van der Waals surface area (Å²) in [6.07, 6.45) is 0. The van der Waals surface area contributed by atoms with E-state index in [1.165, 1.54) is 0 Å². The molecule has 0 aliphatic carbocycles. The van der Waals surface area contributed by atoms with Gasteiger partial charge in [0.2, 0.25) is 11.8 Å². The lowest BCUT2D eigenvalue weighted by molar-refractivity contribution is -0.114. The Morgan fingerprint density at radius 1 is 1.09 bits per heavy atom. The monoisotopic (exact) mass is 297 g/mol. The summed E-state index contributed by atoms with van der Waals surface area (Å²) in [6, 6.07) is 12.6. The van der Waals surface area contributed by atoms with Crippen molar-refractivity contribution >= 4 is 23.2 Å². The highest BCUT2D eigenvalue weighted by atomic mass is 16.2. The number of hydrogen-bond donors (Lipinski definition) is 3. The number of aryl methyl sites for hydroxylation is 2. The lowest BCUT2D eigenvalue weighted by atomic mass is 10.1. The Morgan fingerprint density at radius 3 is 2.59 bits per heavy atom. The van der Waals surface area contributed by atoms with Crippen molar-refractivity contribution in [3.8, 4) is 0 Å². The molecule has 114 valence electrons. The number of rotatable bonds is 5. The van der Waals surface area contributed by atoms with Gasteiger partial charge in [0.05, 0.1) is 6.54 Å². The Morgan fingerprint density at radius 2 is 1.86 bits per heavy atom. The number of amides is 2. The average Bonchev–Trinajstić information content (AvgIpc) is 2.48. The van der Waals surface area contributed by atoms with Crippen molar-refractivity contribution in [2.75, 3.05) is 17.2 Å². The minimum atomic E-state index is -0.524. The third-order valence-corrected chi connectivity index (χ3v) is 3.26. The van der Waals surface area contributed by atoms with Gasteiger partial charge in [-0.05, 0) is 49.2 Å². The maximum atomic E-state index is 12.0. The van der Waals surface area contributed by atoms with E-state index in [0.717, 1.165) is 16.8 Å². The summed E-state index contributed by atoms with van der Waals surface area (Å²) in [4.78, 5) is 23.1. The standard InChI is InChI=1S/C17H19N3O2/c1-11-6-7-12(2)15(8-11)19-10-16(21)20-14-5-3-4-13(9-14)17(18)22/h3-9,19H,10H2,1-2H3,(H2,18,22)(H,20,21). The molecule has 0 aliphatic rings. The van der Waals surface area contributed by atoms with Crippen LogP contribution in [0.15, 0.2) is 42.5 Å². The zero-order valence-electron chi connectivity index (χ0n) is 12.6. The zero-order valence-corrected chi connectivity index (χ0v) is 12.6. The number of benzene rings is 2. The van der Waals surface area contributed by atoms with E-state index < -0.39 is 5.91 Å². The molecule has 4 N–H and O–H groups in total. The molecule has 5 nitrogen and oxygen atoms in total. The average molecular weight is 297 g/mol. The van der Waals surface area contributed by atoms with E-state index in [-0.39, 0.29) is 12.5 Å². The Balaban J connectivity index is 1.97. The van der Waals surface area contributed by atoms with E-state index in [1.807, 2.05) is 32.0 Å². The van der Waals surface area contributed by atoms with Gasteiger partial charge >= 0.3 is 0 Å². The SMILES string of the molecule is Cc1ccc(C)c(NCC(=O)Nc2cccc(C(N)=O)c2)c1. The largest absolute Gasteiger partial charge is 0.376 e. The third-order valence-electron chi connectivity index (χ3n) is 3.26. The van der Waals surface area contributed by atoms with E-state index in [1.54, 1.807) is 24.3 Å². The molecule has 2 aromatic rings. The molecule has 2 amide bonds. The Bertz CT molecular complexity index is 711. The molecule has 2 aromatic carbocycles. The first-order chi connectivity index (χ1) is 10.5. The molecule has 5 heteroatoms. The van der Waals surface area contributed by atoms with Crippen LogP contribution in [-0.4, -0.2) is 18.4 Å². The topological polar surface area (TPSA) is 84.2 Å². The van der Waals surface area contributed by atoms with E-state index >= 15 is 0 Å². The lowest BCUT2D eigenvalue weighted by Gasteiger charge is -2.11. The summed E-state index contributed by atoms with van der Waals surface area (Å²) in [5.41, 5.74) is 9.26. The highest BCUT2D eigenvalue weighted by Gasteiger charge is 2.06. The van der Waals surface area contributed by atoms with Crippen LogP contribution in [0.25, 0.3) is 0 Å². The Hall–Kier alpha value is -2.82. The van der Waals surface area contributed by atoms with Gasteiger partial charge in [0.1, 0.15) is 0 Å². The van der Waals surface area contributed by atoms with E-state index in [2.05, 4.69) is 10.6 Å². The van der Waals surface area contributed by atoms with Gasteiger partial charge in [-0.1, -0.05) is 18.2 Å². The van der Waals surface area contributed by atoms with Crippen molar-refractivity contribution < 1.29 is 9.59 Å². The minimum Gasteiger partial charge on any atom is -0.376 e. The van der Waals surface area contributed by atoms with Crippen LogP contribution in [0, 0.1) is 13.8 Å². The fourth-order valence-electron chi connectivity index (χ4n) is 2.06. The van der Waals surface area contributed by atoms with Crippen LogP contribution in [0.5, 0.6) is 0 Å². The molecule has 0 saturated carbocycles. The van der Waals surface area contributed by atoms with Gasteiger partial charge in [0.15, 0.2) is 0 Å². The van der Waals surface area contributed by atoms with Crippen LogP contribution >= 0.6 is 0 Å². The summed E-state index contributed by atoms with van der Waals surface area (Å²) in [5.74, 6) is -0.716. The van der Waals surface area contributed by atoms with Crippen molar-refractivity contribution in [1.29, 1.82) is 0 Å². The van der Waals surface area contributed by atoms with Crippen molar-refractivity contribution in [3.05, 3.63) is 59.2 Å². The summed E-state index contributed by atoms with van der Waals surface area (Å²) < 4.78 is 0. The van der Waals surface area contributed by atoms with E-state index in [0.29, 0.717) is 11.3 Å². The molecule has 0 fully saturated rings. The fraction of sp³-hybridized carbons (Fsp3) is 0.176. The summed E-state index contributed by atoms with van der Waals surface area (Å²) >= 11 is 0. The predicted molar refractivity (Wildman–Crippen MR) is 88.0 cm³/mol. The second-order valence-electron chi connectivity index (χ2n) is 5.17. The predicted octanol–water partition coefficient (Wildman–Crippen LogP) is 2.45.